The molecule has 0 aromatic heterocycles. The molecule has 1 aromatic carbocycles. The van der Waals surface area contributed by atoms with Crippen molar-refractivity contribution in [3.63, 3.8) is 0 Å². The van der Waals surface area contributed by atoms with E-state index in [1.54, 1.807) is 12.1 Å². The molecule has 0 radical (unpaired) electrons. The van der Waals surface area contributed by atoms with Gasteiger partial charge in [-0.05, 0) is 30.4 Å². The van der Waals surface area contributed by atoms with Gasteiger partial charge in [0.2, 0.25) is 0 Å². The normalized spacial score (nSPS) is 9.47. The van der Waals surface area contributed by atoms with Gasteiger partial charge in [0, 0.05) is 0 Å². The lowest BCUT2D eigenvalue weighted by molar-refractivity contribution is 0.0601. The Hall–Kier alpha value is -1.33. The van der Waals surface area contributed by atoms with Crippen LogP contribution in [0.5, 0.6) is 0 Å². The van der Waals surface area contributed by atoms with E-state index >= 15 is 0 Å². The van der Waals surface area contributed by atoms with E-state index in [1.165, 1.54) is 13.2 Å². The van der Waals surface area contributed by atoms with E-state index in [0.29, 0.717) is 16.3 Å². The van der Waals surface area contributed by atoms with Gasteiger partial charge in [0.15, 0.2) is 5.11 Å². The van der Waals surface area contributed by atoms with Gasteiger partial charge in [-0.3, -0.25) is 0 Å². The highest BCUT2D eigenvalue weighted by molar-refractivity contribution is 7.80. The highest BCUT2D eigenvalue weighted by Crippen LogP contribution is 2.23. The summed E-state index contributed by atoms with van der Waals surface area (Å²) in [4.78, 5) is 11.1. The third kappa shape index (κ3) is 3.07. The van der Waals surface area contributed by atoms with Crippen LogP contribution in [0, 0.1) is 0 Å². The Morgan fingerprint density at radius 1 is 1.60 bits per heavy atom. The van der Waals surface area contributed by atoms with E-state index in [0.717, 1.165) is 0 Å². The van der Waals surface area contributed by atoms with Crippen molar-refractivity contribution in [2.75, 3.05) is 12.4 Å². The number of ether oxygens (including phenoxy) is 1. The number of nitrogens with one attached hydrogen (secondary N) is 1. The number of rotatable bonds is 2. The monoisotopic (exact) mass is 244 g/mol. The van der Waals surface area contributed by atoms with E-state index in [2.05, 4.69) is 22.3 Å². The quantitative estimate of drug-likeness (QED) is 0.613. The minimum atomic E-state index is -0.446. The molecule has 6 heteroatoms. The molecule has 0 unspecified atom stereocenters. The molecule has 1 rings (SSSR count). The number of carbonyl (C=O) groups excluding carboxylic acids is 1. The fourth-order valence-electron chi connectivity index (χ4n) is 0.994. The molecule has 0 atom stereocenters. The molecule has 4 nitrogen and oxygen atoms in total. The first-order chi connectivity index (χ1) is 7.04. The Bertz CT molecular complexity index is 409. The number of methoxy groups -OCH3 is 1. The van der Waals surface area contributed by atoms with Crippen LogP contribution in [0.15, 0.2) is 18.2 Å². The van der Waals surface area contributed by atoms with Gasteiger partial charge < -0.3 is 15.8 Å². The Balaban J connectivity index is 2.97. The number of halogens is 1. The van der Waals surface area contributed by atoms with E-state index in [9.17, 15) is 4.79 Å². The van der Waals surface area contributed by atoms with Crippen LogP contribution in [-0.2, 0) is 4.74 Å². The van der Waals surface area contributed by atoms with Crippen LogP contribution in [0.4, 0.5) is 5.69 Å². The number of carbonyl (C=O) groups is 1. The van der Waals surface area contributed by atoms with Crippen LogP contribution in [0.1, 0.15) is 10.4 Å². The molecule has 1 aromatic rings. The second-order valence-corrected chi connectivity index (χ2v) is 3.52. The van der Waals surface area contributed by atoms with Gasteiger partial charge in [-0.2, -0.15) is 0 Å². The zero-order valence-electron chi connectivity index (χ0n) is 7.91. The highest BCUT2D eigenvalue weighted by atomic mass is 35.5. The predicted octanol–water partition coefficient (Wildman–Crippen LogP) is 1.78. The topological polar surface area (TPSA) is 64.3 Å². The number of hydrogen-bond donors (Lipinski definition) is 2. The molecule has 0 saturated carbocycles. The molecule has 0 fully saturated rings. The lowest BCUT2D eigenvalue weighted by atomic mass is 10.2. The van der Waals surface area contributed by atoms with Crippen molar-refractivity contribution in [1.82, 2.24) is 0 Å². The fourth-order valence-corrected chi connectivity index (χ4v) is 1.33. The van der Waals surface area contributed by atoms with Crippen molar-refractivity contribution in [2.45, 2.75) is 0 Å². The molecule has 0 bridgehead atoms. The van der Waals surface area contributed by atoms with E-state index < -0.39 is 5.97 Å². The summed E-state index contributed by atoms with van der Waals surface area (Å²) in [5, 5.41) is 3.15. The summed E-state index contributed by atoms with van der Waals surface area (Å²) in [5.74, 6) is -0.446. The average molecular weight is 245 g/mol. The van der Waals surface area contributed by atoms with Gasteiger partial charge in [0.1, 0.15) is 0 Å². The third-order valence-corrected chi connectivity index (χ3v) is 2.06. The lowest BCUT2D eigenvalue weighted by Gasteiger charge is -2.07. The lowest BCUT2D eigenvalue weighted by Crippen LogP contribution is -2.19. The zero-order valence-corrected chi connectivity index (χ0v) is 9.48. The summed E-state index contributed by atoms with van der Waals surface area (Å²) in [6.45, 7) is 0. The Morgan fingerprint density at radius 2 is 2.27 bits per heavy atom. The summed E-state index contributed by atoms with van der Waals surface area (Å²) >= 11 is 10.5. The maximum absolute atomic E-state index is 11.1. The molecule has 0 spiro atoms. The van der Waals surface area contributed by atoms with Crippen LogP contribution in [0.25, 0.3) is 0 Å². The second kappa shape index (κ2) is 4.95. The van der Waals surface area contributed by atoms with Crippen molar-refractivity contribution >= 4 is 40.6 Å². The van der Waals surface area contributed by atoms with Crippen molar-refractivity contribution in [1.29, 1.82) is 0 Å². The number of esters is 1. The first kappa shape index (κ1) is 11.7. The average Bonchev–Trinajstić information content (AvgIpc) is 2.19. The smallest absolute Gasteiger partial charge is 0.337 e. The summed E-state index contributed by atoms with van der Waals surface area (Å²) < 4.78 is 4.54. The Kier molecular flexibility index (Phi) is 3.88. The first-order valence-corrected chi connectivity index (χ1v) is 4.77. The van der Waals surface area contributed by atoms with Crippen LogP contribution in [0.2, 0.25) is 5.02 Å². The number of benzene rings is 1. The number of nitrogens with two attached hydrogens (primary N) is 1. The molecular weight excluding hydrogens is 236 g/mol. The van der Waals surface area contributed by atoms with Crippen molar-refractivity contribution in [3.8, 4) is 0 Å². The SMILES string of the molecule is COC(=O)c1ccc(NC(N)=S)c(Cl)c1. The van der Waals surface area contributed by atoms with E-state index in [4.69, 9.17) is 17.3 Å². The molecule has 15 heavy (non-hydrogen) atoms. The number of anilines is 1. The minimum Gasteiger partial charge on any atom is -0.465 e. The largest absolute Gasteiger partial charge is 0.465 e. The molecule has 0 saturated heterocycles. The Labute approximate surface area is 97.4 Å². The third-order valence-electron chi connectivity index (χ3n) is 1.65. The second-order valence-electron chi connectivity index (χ2n) is 2.68. The predicted molar refractivity (Wildman–Crippen MR) is 63.2 cm³/mol. The molecule has 0 heterocycles. The van der Waals surface area contributed by atoms with Crippen LogP contribution in [0.3, 0.4) is 0 Å². The highest BCUT2D eigenvalue weighted by Gasteiger charge is 2.08. The van der Waals surface area contributed by atoms with Crippen molar-refractivity contribution in [2.24, 2.45) is 5.73 Å². The van der Waals surface area contributed by atoms with Crippen LogP contribution in [-0.4, -0.2) is 18.2 Å². The van der Waals surface area contributed by atoms with Crippen LogP contribution >= 0.6 is 23.8 Å². The van der Waals surface area contributed by atoms with Gasteiger partial charge in [-0.15, -0.1) is 0 Å². The van der Waals surface area contributed by atoms with Gasteiger partial charge in [-0.25, -0.2) is 4.79 Å². The van der Waals surface area contributed by atoms with Crippen LogP contribution < -0.4 is 11.1 Å². The fraction of sp³-hybridized carbons (Fsp3) is 0.111. The minimum absolute atomic E-state index is 0.114. The maximum Gasteiger partial charge on any atom is 0.337 e. The summed E-state index contributed by atoms with van der Waals surface area (Å²) in [5.41, 5.74) is 6.21. The molecule has 0 aliphatic carbocycles. The number of hydrogen-bond acceptors (Lipinski definition) is 3. The van der Waals surface area contributed by atoms with Crippen molar-refractivity contribution in [3.05, 3.63) is 28.8 Å². The van der Waals surface area contributed by atoms with Gasteiger partial charge in [0.05, 0.1) is 23.4 Å². The molecule has 0 aliphatic heterocycles. The molecule has 3 N–H and O–H groups in total. The van der Waals surface area contributed by atoms with Gasteiger partial charge in [-0.1, -0.05) is 11.6 Å². The van der Waals surface area contributed by atoms with E-state index in [-0.39, 0.29) is 5.11 Å². The molecule has 0 aliphatic rings. The summed E-state index contributed by atoms with van der Waals surface area (Å²) in [6.07, 6.45) is 0. The van der Waals surface area contributed by atoms with E-state index in [1.807, 2.05) is 0 Å². The maximum atomic E-state index is 11.1. The summed E-state index contributed by atoms with van der Waals surface area (Å²) in [7, 11) is 1.30. The van der Waals surface area contributed by atoms with Crippen molar-refractivity contribution < 1.29 is 9.53 Å². The van der Waals surface area contributed by atoms with Gasteiger partial charge >= 0.3 is 5.97 Å². The molecule has 0 amide bonds. The molecular formula is C9H9ClN2O2S. The Morgan fingerprint density at radius 3 is 2.73 bits per heavy atom. The first-order valence-electron chi connectivity index (χ1n) is 3.99. The molecule has 80 valence electrons. The number of thiocarbonyl (C=S) groups is 1. The zero-order chi connectivity index (χ0) is 11.4. The summed E-state index contributed by atoms with van der Waals surface area (Å²) in [6, 6.07) is 4.65. The van der Waals surface area contributed by atoms with Gasteiger partial charge in [0.25, 0.3) is 0 Å². The standard InChI is InChI=1S/C9H9ClN2O2S/c1-14-8(13)5-2-3-7(6(10)4-5)12-9(11)15/h2-4H,1H3,(H3,11,12,15).